The van der Waals surface area contributed by atoms with E-state index in [2.05, 4.69) is 25.2 Å². The first kappa shape index (κ1) is 14.8. The van der Waals surface area contributed by atoms with E-state index in [0.29, 0.717) is 30.6 Å². The Hall–Kier alpha value is -1.24. The molecule has 0 aromatic heterocycles. The highest BCUT2D eigenvalue weighted by Crippen LogP contribution is 2.26. The molecule has 18 heavy (non-hydrogen) atoms. The highest BCUT2D eigenvalue weighted by atomic mass is 35.5. The molecule has 1 rings (SSSR count). The summed E-state index contributed by atoms with van der Waals surface area (Å²) in [6, 6.07) is 8.15. The van der Waals surface area contributed by atoms with Gasteiger partial charge in [-0.15, -0.1) is 0 Å². The first-order chi connectivity index (χ1) is 8.65. The fraction of sp³-hybridized carbons (Fsp3) is 0.500. The monoisotopic (exact) mass is 266 g/mol. The first-order valence-corrected chi connectivity index (χ1v) is 6.53. The summed E-state index contributed by atoms with van der Waals surface area (Å²) in [6.07, 6.45) is 1.25. The molecule has 0 bridgehead atoms. The second-order valence-electron chi connectivity index (χ2n) is 4.36. The largest absolute Gasteiger partial charge is 0.493 e. The molecule has 0 heterocycles. The van der Waals surface area contributed by atoms with Crippen molar-refractivity contribution in [3.8, 4) is 11.8 Å². The molecule has 0 atom stereocenters. The predicted molar refractivity (Wildman–Crippen MR) is 73.8 cm³/mol. The summed E-state index contributed by atoms with van der Waals surface area (Å²) in [4.78, 5) is 0. The summed E-state index contributed by atoms with van der Waals surface area (Å²) in [5, 5.41) is 12.5. The number of unbranched alkanes of at least 4 members (excludes halogenated alkanes) is 1. The Morgan fingerprint density at radius 2 is 2.22 bits per heavy atom. The van der Waals surface area contributed by atoms with Gasteiger partial charge in [-0.25, -0.2) is 0 Å². The van der Waals surface area contributed by atoms with Crippen LogP contribution in [0, 0.1) is 11.3 Å². The average molecular weight is 267 g/mol. The molecule has 0 aliphatic rings. The van der Waals surface area contributed by atoms with Crippen molar-refractivity contribution in [2.75, 3.05) is 6.61 Å². The van der Waals surface area contributed by atoms with E-state index in [0.717, 1.165) is 17.7 Å². The summed E-state index contributed by atoms with van der Waals surface area (Å²) in [7, 11) is 0. The van der Waals surface area contributed by atoms with Crippen molar-refractivity contribution >= 4 is 11.6 Å². The molecule has 0 fully saturated rings. The number of nitrogens with one attached hydrogen (secondary N) is 1. The fourth-order valence-electron chi connectivity index (χ4n) is 1.49. The Morgan fingerprint density at radius 1 is 1.44 bits per heavy atom. The first-order valence-electron chi connectivity index (χ1n) is 6.15. The van der Waals surface area contributed by atoms with Crippen LogP contribution in [-0.4, -0.2) is 12.6 Å². The second-order valence-corrected chi connectivity index (χ2v) is 4.77. The van der Waals surface area contributed by atoms with Crippen LogP contribution in [0.3, 0.4) is 0 Å². The Kier molecular flexibility index (Phi) is 6.56. The maximum Gasteiger partial charge on any atom is 0.125 e. The van der Waals surface area contributed by atoms with Gasteiger partial charge in [-0.05, 0) is 18.6 Å². The molecule has 0 radical (unpaired) electrons. The predicted octanol–water partition coefficient (Wildman–Crippen LogP) is 3.52. The number of ether oxygens (including phenoxy) is 1. The summed E-state index contributed by atoms with van der Waals surface area (Å²) >= 11 is 6.18. The zero-order valence-corrected chi connectivity index (χ0v) is 11.6. The Morgan fingerprint density at radius 3 is 2.89 bits per heavy atom. The van der Waals surface area contributed by atoms with E-state index in [1.54, 1.807) is 0 Å². The molecule has 0 spiro atoms. The number of benzene rings is 1. The summed E-state index contributed by atoms with van der Waals surface area (Å²) in [5.41, 5.74) is 0.977. The smallest absolute Gasteiger partial charge is 0.125 e. The van der Waals surface area contributed by atoms with E-state index in [4.69, 9.17) is 21.6 Å². The minimum absolute atomic E-state index is 0.396. The number of halogens is 1. The third kappa shape index (κ3) is 4.95. The molecule has 1 aromatic carbocycles. The van der Waals surface area contributed by atoms with E-state index in [-0.39, 0.29) is 0 Å². The normalized spacial score (nSPS) is 10.4. The molecule has 1 N–H and O–H groups in total. The lowest BCUT2D eigenvalue weighted by molar-refractivity contribution is 0.308. The van der Waals surface area contributed by atoms with Crippen molar-refractivity contribution in [1.82, 2.24) is 5.32 Å². The molecular weight excluding hydrogens is 248 g/mol. The van der Waals surface area contributed by atoms with Crippen molar-refractivity contribution in [2.24, 2.45) is 0 Å². The molecule has 0 amide bonds. The van der Waals surface area contributed by atoms with E-state index in [1.165, 1.54) is 0 Å². The minimum atomic E-state index is 0.396. The molecule has 0 saturated carbocycles. The quantitative estimate of drug-likeness (QED) is 0.768. The van der Waals surface area contributed by atoms with Gasteiger partial charge in [-0.2, -0.15) is 5.26 Å². The second kappa shape index (κ2) is 7.97. The van der Waals surface area contributed by atoms with Crippen LogP contribution in [0.1, 0.15) is 32.3 Å². The van der Waals surface area contributed by atoms with Gasteiger partial charge in [-0.1, -0.05) is 31.5 Å². The van der Waals surface area contributed by atoms with Crippen molar-refractivity contribution in [2.45, 2.75) is 39.3 Å². The van der Waals surface area contributed by atoms with Crippen LogP contribution in [0.5, 0.6) is 5.75 Å². The molecule has 3 nitrogen and oxygen atoms in total. The molecule has 0 saturated heterocycles. The van der Waals surface area contributed by atoms with Gasteiger partial charge in [0.1, 0.15) is 5.75 Å². The summed E-state index contributed by atoms with van der Waals surface area (Å²) in [6.45, 7) is 5.40. The van der Waals surface area contributed by atoms with Gasteiger partial charge in [0.25, 0.3) is 0 Å². The molecule has 98 valence electrons. The lowest BCUT2D eigenvalue weighted by Crippen LogP contribution is -2.22. The van der Waals surface area contributed by atoms with Crippen molar-refractivity contribution in [3.63, 3.8) is 0 Å². The molecular formula is C14H19ClN2O. The maximum absolute atomic E-state index is 8.47. The number of nitriles is 1. The van der Waals surface area contributed by atoms with Crippen molar-refractivity contribution in [1.29, 1.82) is 5.26 Å². The van der Waals surface area contributed by atoms with E-state index < -0.39 is 0 Å². The highest BCUT2D eigenvalue weighted by molar-refractivity contribution is 6.31. The number of nitrogens with zero attached hydrogens (tertiary/aromatic N) is 1. The van der Waals surface area contributed by atoms with Crippen LogP contribution in [0.25, 0.3) is 0 Å². The Bertz CT molecular complexity index is 413. The number of rotatable bonds is 7. The molecule has 0 aliphatic carbocycles. The van der Waals surface area contributed by atoms with E-state index in [9.17, 15) is 0 Å². The van der Waals surface area contributed by atoms with Gasteiger partial charge in [0.15, 0.2) is 0 Å². The fourth-order valence-corrected chi connectivity index (χ4v) is 1.72. The Labute approximate surface area is 114 Å². The highest BCUT2D eigenvalue weighted by Gasteiger charge is 2.08. The van der Waals surface area contributed by atoms with Crippen LogP contribution in [0.2, 0.25) is 5.02 Å². The van der Waals surface area contributed by atoms with Gasteiger partial charge < -0.3 is 10.1 Å². The number of hydrogen-bond donors (Lipinski definition) is 1. The van der Waals surface area contributed by atoms with Gasteiger partial charge >= 0.3 is 0 Å². The minimum Gasteiger partial charge on any atom is -0.493 e. The van der Waals surface area contributed by atoms with Gasteiger partial charge in [0, 0.05) is 29.6 Å². The van der Waals surface area contributed by atoms with Crippen LogP contribution in [0.15, 0.2) is 18.2 Å². The van der Waals surface area contributed by atoms with E-state index >= 15 is 0 Å². The van der Waals surface area contributed by atoms with Crippen LogP contribution in [0.4, 0.5) is 0 Å². The third-order valence-electron chi connectivity index (χ3n) is 2.45. The van der Waals surface area contributed by atoms with Gasteiger partial charge in [-0.3, -0.25) is 0 Å². The summed E-state index contributed by atoms with van der Waals surface area (Å²) in [5.74, 6) is 0.800. The standard InChI is InChI=1S/C14H19ClN2O/c1-11(2)17-10-12-13(15)6-5-7-14(12)18-9-4-3-8-16/h5-7,11,17H,3-4,9-10H2,1-2H3. The third-order valence-corrected chi connectivity index (χ3v) is 2.81. The lowest BCUT2D eigenvalue weighted by atomic mass is 10.2. The van der Waals surface area contributed by atoms with Crippen LogP contribution < -0.4 is 10.1 Å². The Balaban J connectivity index is 2.65. The molecule has 4 heteroatoms. The van der Waals surface area contributed by atoms with Gasteiger partial charge in [0.05, 0.1) is 12.7 Å². The van der Waals surface area contributed by atoms with Crippen LogP contribution >= 0.6 is 11.6 Å². The molecule has 1 aromatic rings. The maximum atomic E-state index is 8.47. The van der Waals surface area contributed by atoms with Gasteiger partial charge in [0.2, 0.25) is 0 Å². The van der Waals surface area contributed by atoms with Crippen molar-refractivity contribution in [3.05, 3.63) is 28.8 Å². The zero-order valence-electron chi connectivity index (χ0n) is 10.9. The molecule has 0 unspecified atom stereocenters. The SMILES string of the molecule is CC(C)NCc1c(Cl)cccc1OCCCC#N. The zero-order chi connectivity index (χ0) is 13.4. The molecule has 0 aliphatic heterocycles. The number of hydrogen-bond acceptors (Lipinski definition) is 3. The van der Waals surface area contributed by atoms with E-state index in [1.807, 2.05) is 18.2 Å². The lowest BCUT2D eigenvalue weighted by Gasteiger charge is -2.14. The average Bonchev–Trinajstić information content (AvgIpc) is 2.33. The van der Waals surface area contributed by atoms with Crippen LogP contribution in [-0.2, 0) is 6.54 Å². The topological polar surface area (TPSA) is 45.0 Å². The van der Waals surface area contributed by atoms with Crippen molar-refractivity contribution < 1.29 is 4.74 Å². The summed E-state index contributed by atoms with van der Waals surface area (Å²) < 4.78 is 5.68.